The topological polar surface area (TPSA) is 20.3 Å². The standard InChI is InChI=1S/C10H15NO/c1-7-6-11-4-3-9(7)5-10(11)8(2)12/h9-10H,1,3-6H2,2H3. The molecule has 0 aliphatic carbocycles. The van der Waals surface area contributed by atoms with E-state index in [1.165, 1.54) is 12.0 Å². The van der Waals surface area contributed by atoms with Crippen LogP contribution < -0.4 is 0 Å². The van der Waals surface area contributed by atoms with Crippen molar-refractivity contribution in [2.75, 3.05) is 13.1 Å². The molecule has 0 saturated carbocycles. The van der Waals surface area contributed by atoms with Crippen LogP contribution in [-0.2, 0) is 4.79 Å². The van der Waals surface area contributed by atoms with Crippen LogP contribution in [0.3, 0.4) is 0 Å². The van der Waals surface area contributed by atoms with Crippen LogP contribution in [-0.4, -0.2) is 29.8 Å². The van der Waals surface area contributed by atoms with Gasteiger partial charge >= 0.3 is 0 Å². The lowest BCUT2D eigenvalue weighted by Gasteiger charge is -2.45. The van der Waals surface area contributed by atoms with Gasteiger partial charge in [-0.2, -0.15) is 0 Å². The lowest BCUT2D eigenvalue weighted by atomic mass is 9.79. The molecule has 2 heteroatoms. The zero-order valence-corrected chi connectivity index (χ0v) is 7.55. The first-order valence-electron chi connectivity index (χ1n) is 4.60. The van der Waals surface area contributed by atoms with E-state index in [-0.39, 0.29) is 6.04 Å². The van der Waals surface area contributed by atoms with Crippen molar-refractivity contribution in [1.82, 2.24) is 4.90 Å². The molecule has 3 aliphatic heterocycles. The number of rotatable bonds is 1. The quantitative estimate of drug-likeness (QED) is 0.545. The third-order valence-corrected chi connectivity index (χ3v) is 3.17. The van der Waals surface area contributed by atoms with E-state index < -0.39 is 0 Å². The molecule has 3 heterocycles. The second kappa shape index (κ2) is 2.70. The molecule has 0 radical (unpaired) electrons. The minimum atomic E-state index is 0.203. The average Bonchev–Trinajstić information content (AvgIpc) is 2.04. The van der Waals surface area contributed by atoms with Crippen LogP contribution in [0.2, 0.25) is 0 Å². The van der Waals surface area contributed by atoms with E-state index in [9.17, 15) is 4.79 Å². The van der Waals surface area contributed by atoms with Crippen LogP contribution in [0.1, 0.15) is 19.8 Å². The second-order valence-corrected chi connectivity index (χ2v) is 3.98. The molecule has 3 rings (SSSR count). The monoisotopic (exact) mass is 165 g/mol. The van der Waals surface area contributed by atoms with Crippen molar-refractivity contribution in [1.29, 1.82) is 0 Å². The summed E-state index contributed by atoms with van der Waals surface area (Å²) in [5.74, 6) is 0.955. The van der Waals surface area contributed by atoms with E-state index in [1.807, 2.05) is 0 Å². The summed E-state index contributed by atoms with van der Waals surface area (Å²) in [4.78, 5) is 13.5. The maximum Gasteiger partial charge on any atom is 0.146 e. The molecule has 0 aromatic heterocycles. The number of ketones is 1. The first kappa shape index (κ1) is 7.99. The van der Waals surface area contributed by atoms with Crippen molar-refractivity contribution < 1.29 is 4.79 Å². The SMILES string of the molecule is C=C1CN2CCC1CC2C(C)=O. The van der Waals surface area contributed by atoms with Gasteiger partial charge in [0.2, 0.25) is 0 Å². The average molecular weight is 165 g/mol. The highest BCUT2D eigenvalue weighted by Gasteiger charge is 2.37. The van der Waals surface area contributed by atoms with Gasteiger partial charge in [-0.15, -0.1) is 0 Å². The highest BCUT2D eigenvalue weighted by atomic mass is 16.1. The minimum absolute atomic E-state index is 0.203. The molecule has 3 unspecified atom stereocenters. The van der Waals surface area contributed by atoms with Crippen LogP contribution >= 0.6 is 0 Å². The maximum absolute atomic E-state index is 11.2. The van der Waals surface area contributed by atoms with Gasteiger partial charge in [0.25, 0.3) is 0 Å². The molecule has 0 amide bonds. The zero-order chi connectivity index (χ0) is 8.72. The highest BCUT2D eigenvalue weighted by molar-refractivity contribution is 5.81. The second-order valence-electron chi connectivity index (χ2n) is 3.98. The van der Waals surface area contributed by atoms with Crippen molar-refractivity contribution in [3.8, 4) is 0 Å². The molecule has 3 saturated heterocycles. The number of hydrogen-bond donors (Lipinski definition) is 0. The number of carbonyl (C=O) groups excluding carboxylic acids is 1. The largest absolute Gasteiger partial charge is 0.298 e. The molecule has 3 atom stereocenters. The third kappa shape index (κ3) is 1.11. The van der Waals surface area contributed by atoms with Crippen molar-refractivity contribution in [3.63, 3.8) is 0 Å². The van der Waals surface area contributed by atoms with Gasteiger partial charge in [-0.25, -0.2) is 0 Å². The number of carbonyl (C=O) groups is 1. The molecule has 0 spiro atoms. The van der Waals surface area contributed by atoms with Gasteiger partial charge in [-0.1, -0.05) is 12.2 Å². The molecule has 2 bridgehead atoms. The molecule has 0 aromatic rings. The Morgan fingerprint density at radius 2 is 2.42 bits per heavy atom. The predicted octanol–water partition coefficient (Wildman–Crippen LogP) is 1.23. The van der Waals surface area contributed by atoms with Gasteiger partial charge < -0.3 is 0 Å². The van der Waals surface area contributed by atoms with Crippen molar-refractivity contribution in [3.05, 3.63) is 12.2 Å². The van der Waals surface area contributed by atoms with Gasteiger partial charge in [-0.3, -0.25) is 9.69 Å². The fraction of sp³-hybridized carbons (Fsp3) is 0.700. The van der Waals surface area contributed by atoms with E-state index in [4.69, 9.17) is 0 Å². The molecule has 66 valence electrons. The Hall–Kier alpha value is -0.630. The van der Waals surface area contributed by atoms with Gasteiger partial charge in [0.1, 0.15) is 5.78 Å². The summed E-state index contributed by atoms with van der Waals surface area (Å²) in [6, 6.07) is 0.203. The summed E-state index contributed by atoms with van der Waals surface area (Å²) in [6.45, 7) is 7.78. The van der Waals surface area contributed by atoms with E-state index in [0.29, 0.717) is 11.7 Å². The molecule has 0 aromatic carbocycles. The minimum Gasteiger partial charge on any atom is -0.298 e. The molecule has 3 aliphatic rings. The summed E-state index contributed by atoms with van der Waals surface area (Å²) < 4.78 is 0. The van der Waals surface area contributed by atoms with Gasteiger partial charge in [-0.05, 0) is 32.2 Å². The van der Waals surface area contributed by atoms with Crippen molar-refractivity contribution in [2.45, 2.75) is 25.8 Å². The Morgan fingerprint density at radius 3 is 2.83 bits per heavy atom. The number of nitrogens with zero attached hydrogens (tertiary/aromatic N) is 1. The predicted molar refractivity (Wildman–Crippen MR) is 47.9 cm³/mol. The van der Waals surface area contributed by atoms with Crippen LogP contribution in [0.5, 0.6) is 0 Å². The maximum atomic E-state index is 11.2. The number of hydrogen-bond acceptors (Lipinski definition) is 2. The molecule has 2 nitrogen and oxygen atoms in total. The molecule has 12 heavy (non-hydrogen) atoms. The summed E-state index contributed by atoms with van der Waals surface area (Å²) in [7, 11) is 0. The Labute approximate surface area is 73.2 Å². The van der Waals surface area contributed by atoms with Crippen LogP contribution in [0.4, 0.5) is 0 Å². The van der Waals surface area contributed by atoms with Crippen LogP contribution in [0.25, 0.3) is 0 Å². The fourth-order valence-electron chi connectivity index (χ4n) is 2.39. The number of Topliss-reactive ketones (excluding diaryl/α,β-unsaturated/α-hetero) is 1. The third-order valence-electron chi connectivity index (χ3n) is 3.17. The molecular formula is C10H15NO. The Kier molecular flexibility index (Phi) is 1.80. The normalized spacial score (nSPS) is 40.1. The van der Waals surface area contributed by atoms with E-state index in [2.05, 4.69) is 11.5 Å². The molecule has 3 fully saturated rings. The zero-order valence-electron chi connectivity index (χ0n) is 7.55. The fourth-order valence-corrected chi connectivity index (χ4v) is 2.39. The lowest BCUT2D eigenvalue weighted by molar-refractivity contribution is -0.124. The molecular weight excluding hydrogens is 150 g/mol. The smallest absolute Gasteiger partial charge is 0.146 e. The number of piperidine rings is 3. The van der Waals surface area contributed by atoms with E-state index in [1.54, 1.807) is 6.92 Å². The van der Waals surface area contributed by atoms with Crippen molar-refractivity contribution in [2.24, 2.45) is 5.92 Å². The lowest BCUT2D eigenvalue weighted by Crippen LogP contribution is -2.52. The summed E-state index contributed by atoms with van der Waals surface area (Å²) in [5, 5.41) is 0. The summed E-state index contributed by atoms with van der Waals surface area (Å²) >= 11 is 0. The van der Waals surface area contributed by atoms with E-state index >= 15 is 0 Å². The van der Waals surface area contributed by atoms with Crippen molar-refractivity contribution >= 4 is 5.78 Å². The highest BCUT2D eigenvalue weighted by Crippen LogP contribution is 2.34. The molecule has 0 N–H and O–H groups in total. The Bertz CT molecular complexity index is 234. The van der Waals surface area contributed by atoms with Gasteiger partial charge in [0.05, 0.1) is 6.04 Å². The summed E-state index contributed by atoms with van der Waals surface area (Å²) in [5.41, 5.74) is 1.33. The van der Waals surface area contributed by atoms with E-state index in [0.717, 1.165) is 19.5 Å². The van der Waals surface area contributed by atoms with Crippen LogP contribution in [0.15, 0.2) is 12.2 Å². The number of fused-ring (bicyclic) bond motifs is 3. The van der Waals surface area contributed by atoms with Gasteiger partial charge in [0, 0.05) is 6.54 Å². The first-order valence-corrected chi connectivity index (χ1v) is 4.60. The first-order chi connectivity index (χ1) is 5.68. The Balaban J connectivity index is 2.15. The van der Waals surface area contributed by atoms with Gasteiger partial charge in [0.15, 0.2) is 0 Å². The summed E-state index contributed by atoms with van der Waals surface area (Å²) in [6.07, 6.45) is 2.23. The Morgan fingerprint density at radius 1 is 1.67 bits per heavy atom. The van der Waals surface area contributed by atoms with Crippen LogP contribution in [0, 0.1) is 5.92 Å².